The van der Waals surface area contributed by atoms with Gasteiger partial charge in [0.25, 0.3) is 0 Å². The largest absolute Gasteiger partial charge is 0.455 e. The van der Waals surface area contributed by atoms with Gasteiger partial charge in [-0.15, -0.1) is 11.3 Å². The van der Waals surface area contributed by atoms with E-state index >= 15 is 0 Å². The molecule has 0 unspecified atom stereocenters. The van der Waals surface area contributed by atoms with Crippen molar-refractivity contribution in [2.45, 2.75) is 0 Å². The minimum absolute atomic E-state index is 0.565. The number of rotatable bonds is 8. The Kier molecular flexibility index (Phi) is 14.3. The summed E-state index contributed by atoms with van der Waals surface area (Å²) in [5.74, 6) is 0.565. The molecule has 0 amide bonds. The second-order valence-electron chi connectivity index (χ2n) is 33.6. The van der Waals surface area contributed by atoms with E-state index in [9.17, 15) is 0 Å². The van der Waals surface area contributed by atoms with Gasteiger partial charge in [-0.2, -0.15) is 0 Å². The number of thiophene rings is 1. The van der Waals surface area contributed by atoms with Crippen LogP contribution in [0.5, 0.6) is 0 Å². The molecule has 0 spiro atoms. The van der Waals surface area contributed by atoms with Crippen LogP contribution in [0, 0.1) is 0 Å². The van der Waals surface area contributed by atoms with Crippen LogP contribution in [0.3, 0.4) is 0 Å². The van der Waals surface area contributed by atoms with E-state index in [1.165, 1.54) is 156 Å². The zero-order valence-electron chi connectivity index (χ0n) is 67.0. The number of hydrogen-bond acceptors (Lipinski definition) is 6. The van der Waals surface area contributed by atoms with Gasteiger partial charge in [0.1, 0.15) is 39.1 Å². The van der Waals surface area contributed by atoms with Crippen molar-refractivity contribution in [2.24, 2.45) is 0 Å². The van der Waals surface area contributed by atoms with Gasteiger partial charge in [0.2, 0.25) is 0 Å². The van der Waals surface area contributed by atoms with Crippen LogP contribution in [0.25, 0.3) is 289 Å². The van der Waals surface area contributed by atoms with E-state index in [-0.39, 0.29) is 0 Å². The highest BCUT2D eigenvalue weighted by Crippen LogP contribution is 2.50. The molecule has 22 aromatic carbocycles. The Labute approximate surface area is 717 Å². The van der Waals surface area contributed by atoms with Gasteiger partial charge < -0.3 is 17.8 Å². The third kappa shape index (κ3) is 10.1. The molecule has 0 saturated carbocycles. The Balaban J connectivity index is 0.513. The first-order valence-corrected chi connectivity index (χ1v) is 43.5. The highest BCUT2D eigenvalue weighted by Gasteiger charge is 2.26. The van der Waals surface area contributed by atoms with Gasteiger partial charge in [-0.1, -0.05) is 291 Å². The minimum atomic E-state index is 0.565. The van der Waals surface area contributed by atoms with Gasteiger partial charge in [-0.25, -0.2) is 9.97 Å². The number of furan rings is 3. The molecule has 0 saturated heterocycles. The summed E-state index contributed by atoms with van der Waals surface area (Å²) in [5, 5.41) is 32.2. The van der Waals surface area contributed by atoms with Crippen molar-refractivity contribution >= 4 is 216 Å². The van der Waals surface area contributed by atoms with E-state index in [1.807, 2.05) is 23.5 Å². The van der Waals surface area contributed by atoms with Crippen LogP contribution >= 0.6 is 11.3 Å². The van der Waals surface area contributed by atoms with Crippen LogP contribution in [0.15, 0.2) is 408 Å². The third-order valence-electron chi connectivity index (χ3n) is 26.9. The predicted molar refractivity (Wildman–Crippen MR) is 527 cm³/mol. The summed E-state index contributed by atoms with van der Waals surface area (Å²) in [6.07, 6.45) is 0. The normalized spacial score (nSPS) is 12.3. The Morgan fingerprint density at radius 3 is 1.21 bits per heavy atom. The van der Waals surface area contributed by atoms with Crippen molar-refractivity contribution in [2.75, 3.05) is 0 Å². The minimum Gasteiger partial charge on any atom is -0.455 e. The van der Waals surface area contributed by atoms with Crippen LogP contribution < -0.4 is 0 Å². The summed E-state index contributed by atoms with van der Waals surface area (Å²) < 4.78 is 25.5. The lowest BCUT2D eigenvalue weighted by Gasteiger charge is -2.14. The maximum atomic E-state index is 7.02. The van der Waals surface area contributed by atoms with Crippen molar-refractivity contribution in [3.8, 4) is 84.0 Å². The van der Waals surface area contributed by atoms with Crippen LogP contribution in [-0.4, -0.2) is 14.5 Å². The lowest BCUT2D eigenvalue weighted by molar-refractivity contribution is 0.666. The molecule has 0 aliphatic rings. The lowest BCUT2D eigenvalue weighted by atomic mass is 9.90. The maximum Gasteiger partial charge on any atom is 0.180 e. The Hall–Kier alpha value is -16.3. The fraction of sp³-hybridized carbons (Fsp3) is 0. The van der Waals surface area contributed by atoms with Crippen LogP contribution in [0.2, 0.25) is 0 Å². The molecular weight excluding hydrogens is 1540 g/mol. The van der Waals surface area contributed by atoms with Gasteiger partial charge in [-0.3, -0.25) is 0 Å². The molecule has 0 N–H and O–H groups in total. The van der Waals surface area contributed by atoms with Gasteiger partial charge in [-0.05, 0) is 250 Å². The first-order valence-electron chi connectivity index (χ1n) is 42.7. The van der Waals surface area contributed by atoms with Crippen molar-refractivity contribution in [1.29, 1.82) is 0 Å². The predicted octanol–water partition coefficient (Wildman–Crippen LogP) is 33.7. The third-order valence-corrected chi connectivity index (χ3v) is 28.2. The number of fused-ring (bicyclic) bond motifs is 33. The topological polar surface area (TPSA) is 70.1 Å². The smallest absolute Gasteiger partial charge is 0.180 e. The number of aromatic nitrogens is 3. The molecule has 0 fully saturated rings. The molecule has 7 heteroatoms. The summed E-state index contributed by atoms with van der Waals surface area (Å²) in [7, 11) is 0. The zero-order valence-corrected chi connectivity index (χ0v) is 67.8. The van der Waals surface area contributed by atoms with Crippen LogP contribution in [0.4, 0.5) is 0 Å². The molecular formula is C118H65N3O3S. The van der Waals surface area contributed by atoms with E-state index in [4.69, 9.17) is 23.2 Å². The average Bonchev–Trinajstić information content (AvgIpc) is 1.72. The average molecular weight is 1600 g/mol. The van der Waals surface area contributed by atoms with E-state index in [1.54, 1.807) is 0 Å². The summed E-state index contributed by atoms with van der Waals surface area (Å²) in [6.45, 7) is 0. The molecule has 6 aromatic heterocycles. The summed E-state index contributed by atoms with van der Waals surface area (Å²) in [6, 6.07) is 145. The number of nitrogens with zero attached hydrogens (tertiary/aromatic N) is 3. The standard InChI is InChI=1S/C118H65N3O3S/c1-3-25-82-78(21-1)80-23-5-8-28-85(80)100-63-73(43-51-89(82)100)76-33-16-36-95-103-65-75(48-55-109(103)123-114(76)95)121-106-39-13-11-31-92(106)102-60-69(45-53-107(102)121)68-42-50-91-98(59-68)87-30-10-7-27-84(87)88-49-41-67(58-99(88)91)66-19-15-20-72(57-66)77-34-17-37-96-104-61-71(47-56-111(104)125-117(77)96)70-46-54-110-105(62-70)113-116(124-110)112(119-118(120-113)97-38-18-35-94-93-32-12-14-40-108(93)122-115(94)97)74-44-52-90-83-26-4-2-22-79(83)81-24-6-9-29-86(81)101(90)64-74/h1-65H. The number of para-hydroxylation sites is 4. The molecule has 0 bridgehead atoms. The van der Waals surface area contributed by atoms with Crippen molar-refractivity contribution in [1.82, 2.24) is 14.5 Å². The molecule has 0 radical (unpaired) electrons. The van der Waals surface area contributed by atoms with E-state index in [0.717, 1.165) is 122 Å². The Morgan fingerprint density at radius 1 is 0.200 bits per heavy atom. The zero-order chi connectivity index (χ0) is 81.4. The van der Waals surface area contributed by atoms with E-state index in [2.05, 4.69) is 387 Å². The van der Waals surface area contributed by atoms with Crippen molar-refractivity contribution < 1.29 is 13.3 Å². The Morgan fingerprint density at radius 2 is 0.576 bits per heavy atom. The summed E-state index contributed by atoms with van der Waals surface area (Å²) >= 11 is 1.86. The summed E-state index contributed by atoms with van der Waals surface area (Å²) in [5.41, 5.74) is 22.8. The molecule has 0 aliphatic heterocycles. The molecule has 6 nitrogen and oxygen atoms in total. The van der Waals surface area contributed by atoms with Crippen LogP contribution in [-0.2, 0) is 0 Å². The van der Waals surface area contributed by atoms with Gasteiger partial charge in [0.05, 0.1) is 16.6 Å². The first kappa shape index (κ1) is 68.5. The van der Waals surface area contributed by atoms with Gasteiger partial charge in [0, 0.05) is 74.7 Å². The lowest BCUT2D eigenvalue weighted by Crippen LogP contribution is -1.94. The van der Waals surface area contributed by atoms with E-state index in [0.29, 0.717) is 11.4 Å². The second kappa shape index (κ2) is 26.1. The van der Waals surface area contributed by atoms with Crippen molar-refractivity contribution in [3.63, 3.8) is 0 Å². The highest BCUT2D eigenvalue weighted by atomic mass is 32.1. The van der Waals surface area contributed by atoms with Crippen LogP contribution in [0.1, 0.15) is 0 Å². The Bertz CT molecular complexity index is 9600. The van der Waals surface area contributed by atoms with Crippen molar-refractivity contribution in [3.05, 3.63) is 394 Å². The quantitative estimate of drug-likeness (QED) is 0.142. The number of benzene rings is 22. The second-order valence-corrected chi connectivity index (χ2v) is 34.6. The SMILES string of the molecule is c1cc(-c2ccc3c4ccccc4c4cc(-c5ccc6c(c5)c5ccccc5n6-c5ccc6oc7c(-c8ccc9c%10ccccc%10c%10ccccc%10c9c8)cccc7c6c5)ccc4c3c2)cc(-c2cccc3c2sc2ccc(-c4ccc5oc6c(-c7ccc8c9ccccc9c9ccccc9c8c7)nc(-c7cccc8c7oc7ccccc78)nc6c5c4)cc23)c1. The van der Waals surface area contributed by atoms with Gasteiger partial charge >= 0.3 is 0 Å². The molecule has 6 heterocycles. The molecule has 576 valence electrons. The summed E-state index contributed by atoms with van der Waals surface area (Å²) in [4.78, 5) is 11.0. The monoisotopic (exact) mass is 1600 g/mol. The molecule has 0 aliphatic carbocycles. The fourth-order valence-electron chi connectivity index (χ4n) is 21.2. The van der Waals surface area contributed by atoms with Gasteiger partial charge in [0.15, 0.2) is 11.4 Å². The van der Waals surface area contributed by atoms with E-state index < -0.39 is 0 Å². The first-order chi connectivity index (χ1) is 61.9. The molecule has 28 rings (SSSR count). The fourth-order valence-corrected chi connectivity index (χ4v) is 22.4. The maximum absolute atomic E-state index is 7.02. The molecule has 125 heavy (non-hydrogen) atoms. The highest BCUT2D eigenvalue weighted by molar-refractivity contribution is 7.26. The number of hydrogen-bond donors (Lipinski definition) is 0. The molecule has 0 atom stereocenters. The molecule has 28 aromatic rings.